The number of unbranched alkanes of at least 4 members (excludes halogenated alkanes) is 12. The molecule has 0 saturated carbocycles. The summed E-state index contributed by atoms with van der Waals surface area (Å²) in [6.07, 6.45) is 21.5. The summed E-state index contributed by atoms with van der Waals surface area (Å²) in [6.45, 7) is 3.93. The van der Waals surface area contributed by atoms with E-state index in [1.807, 2.05) is 12.2 Å². The second kappa shape index (κ2) is 27.3. The van der Waals surface area contributed by atoms with E-state index >= 15 is 0 Å². The minimum atomic E-state index is -1.05. The zero-order valence-corrected chi connectivity index (χ0v) is 28.2. The number of carbonyl (C=O) groups excluding carboxylic acids is 2. The summed E-state index contributed by atoms with van der Waals surface area (Å²) in [6, 6.07) is 0. The van der Waals surface area contributed by atoms with E-state index in [1.54, 1.807) is 12.2 Å². The average Bonchev–Trinajstić information content (AvgIpc) is 3.01. The summed E-state index contributed by atoms with van der Waals surface area (Å²) in [5.41, 5.74) is 0. The van der Waals surface area contributed by atoms with Crippen LogP contribution >= 0.6 is 0 Å². The normalized spacial score (nSPS) is 21.7. The molecule has 0 spiro atoms. The van der Waals surface area contributed by atoms with Gasteiger partial charge in [-0.25, -0.2) is 0 Å². The molecule has 0 aromatic heterocycles. The van der Waals surface area contributed by atoms with Crippen LogP contribution in [0.5, 0.6) is 0 Å². The molecule has 262 valence electrons. The van der Waals surface area contributed by atoms with Crippen LogP contribution in [0, 0.1) is 5.92 Å². The van der Waals surface area contributed by atoms with Crippen LogP contribution in [0.4, 0.5) is 0 Å². The maximum atomic E-state index is 12.0. The highest BCUT2D eigenvalue weighted by Gasteiger charge is 2.35. The standard InChI is InChI=1S/C36H64O9/c1-3-5-7-8-9-10-11-12-13-18-22-34(40)43-27-30(38)28-44-35(41)23-19-15-14-17-21-31-32(39)26-36(42)45-33(31)25-24-29(37)20-16-6-4-2/h14,17,24-25,29-33,36-39,42H,3-13,15-16,18-23,26-28H2,1-2H3/b17-14-,25-24+/t29-,30+,31-,32-,33+,36?/m0/s1. The number of ether oxygens (including phenoxy) is 3. The minimum Gasteiger partial charge on any atom is -0.463 e. The summed E-state index contributed by atoms with van der Waals surface area (Å²) in [5.74, 6) is -1.01. The van der Waals surface area contributed by atoms with Crippen molar-refractivity contribution in [2.24, 2.45) is 5.92 Å². The Morgan fingerprint density at radius 1 is 0.778 bits per heavy atom. The zero-order chi connectivity index (χ0) is 33.1. The third kappa shape index (κ3) is 22.4. The van der Waals surface area contributed by atoms with E-state index in [4.69, 9.17) is 14.2 Å². The molecule has 0 amide bonds. The van der Waals surface area contributed by atoms with Crippen molar-refractivity contribution in [3.05, 3.63) is 24.3 Å². The number of hydrogen-bond donors (Lipinski definition) is 4. The molecule has 9 nitrogen and oxygen atoms in total. The number of rotatable bonds is 27. The van der Waals surface area contributed by atoms with Crippen molar-refractivity contribution < 1.29 is 44.2 Å². The third-order valence-corrected chi connectivity index (χ3v) is 8.23. The Kier molecular flexibility index (Phi) is 25.1. The fourth-order valence-electron chi connectivity index (χ4n) is 5.42. The van der Waals surface area contributed by atoms with Gasteiger partial charge in [-0.15, -0.1) is 0 Å². The number of allylic oxidation sites excluding steroid dienone is 2. The zero-order valence-electron chi connectivity index (χ0n) is 28.2. The van der Waals surface area contributed by atoms with E-state index in [1.165, 1.54) is 44.9 Å². The molecule has 0 aromatic rings. The van der Waals surface area contributed by atoms with Crippen LogP contribution < -0.4 is 0 Å². The van der Waals surface area contributed by atoms with E-state index in [9.17, 15) is 30.0 Å². The van der Waals surface area contributed by atoms with Crippen molar-refractivity contribution >= 4 is 11.9 Å². The van der Waals surface area contributed by atoms with Crippen LogP contribution in [0.1, 0.15) is 142 Å². The Morgan fingerprint density at radius 3 is 1.96 bits per heavy atom. The molecular weight excluding hydrogens is 576 g/mol. The van der Waals surface area contributed by atoms with Crippen molar-refractivity contribution in [3.63, 3.8) is 0 Å². The van der Waals surface area contributed by atoms with Crippen LogP contribution in [0.25, 0.3) is 0 Å². The highest BCUT2D eigenvalue weighted by molar-refractivity contribution is 5.69. The summed E-state index contributed by atoms with van der Waals surface area (Å²) in [7, 11) is 0. The summed E-state index contributed by atoms with van der Waals surface area (Å²) < 4.78 is 15.9. The Morgan fingerprint density at radius 2 is 1.33 bits per heavy atom. The lowest BCUT2D eigenvalue weighted by molar-refractivity contribution is -0.199. The molecule has 1 aliphatic rings. The highest BCUT2D eigenvalue weighted by atomic mass is 16.6. The molecule has 1 fully saturated rings. The fraction of sp³-hybridized carbons (Fsp3) is 0.833. The predicted molar refractivity (Wildman–Crippen MR) is 176 cm³/mol. The minimum absolute atomic E-state index is 0.137. The van der Waals surface area contributed by atoms with Crippen LogP contribution in [-0.4, -0.2) is 76.3 Å². The Balaban J connectivity index is 2.16. The molecule has 1 rings (SSSR count). The van der Waals surface area contributed by atoms with Crippen LogP contribution in [0.3, 0.4) is 0 Å². The molecule has 9 heteroatoms. The molecule has 45 heavy (non-hydrogen) atoms. The monoisotopic (exact) mass is 640 g/mol. The molecule has 0 bridgehead atoms. The Hall–Kier alpha value is -1.78. The number of aliphatic hydroxyl groups is 4. The molecule has 1 unspecified atom stereocenters. The fourth-order valence-corrected chi connectivity index (χ4v) is 5.42. The topological polar surface area (TPSA) is 143 Å². The Bertz CT molecular complexity index is 799. The van der Waals surface area contributed by atoms with Crippen molar-refractivity contribution in [2.75, 3.05) is 13.2 Å². The lowest BCUT2D eigenvalue weighted by atomic mass is 9.87. The van der Waals surface area contributed by atoms with E-state index < -0.39 is 36.7 Å². The molecule has 1 heterocycles. The molecule has 1 saturated heterocycles. The number of aliphatic hydroxyl groups excluding tert-OH is 4. The lowest BCUT2D eigenvalue weighted by Gasteiger charge is -2.36. The summed E-state index contributed by atoms with van der Waals surface area (Å²) in [4.78, 5) is 24.0. The molecular formula is C36H64O9. The van der Waals surface area contributed by atoms with Gasteiger partial charge in [0.15, 0.2) is 6.29 Å². The van der Waals surface area contributed by atoms with Crippen molar-refractivity contribution in [1.29, 1.82) is 0 Å². The van der Waals surface area contributed by atoms with Gasteiger partial charge < -0.3 is 34.6 Å². The van der Waals surface area contributed by atoms with Gasteiger partial charge in [-0.2, -0.15) is 0 Å². The van der Waals surface area contributed by atoms with Gasteiger partial charge in [0.2, 0.25) is 0 Å². The summed E-state index contributed by atoms with van der Waals surface area (Å²) >= 11 is 0. The molecule has 0 aliphatic carbocycles. The molecule has 4 N–H and O–H groups in total. The molecule has 1 aliphatic heterocycles. The first-order valence-corrected chi connectivity index (χ1v) is 17.8. The first kappa shape index (κ1) is 41.2. The molecule has 0 radical (unpaired) electrons. The molecule has 0 aromatic carbocycles. The van der Waals surface area contributed by atoms with E-state index in [-0.39, 0.29) is 37.9 Å². The maximum Gasteiger partial charge on any atom is 0.305 e. The van der Waals surface area contributed by atoms with Gasteiger partial charge in [-0.3, -0.25) is 9.59 Å². The van der Waals surface area contributed by atoms with Gasteiger partial charge in [-0.05, 0) is 32.1 Å². The number of esters is 2. The average molecular weight is 641 g/mol. The van der Waals surface area contributed by atoms with Crippen molar-refractivity contribution in [1.82, 2.24) is 0 Å². The lowest BCUT2D eigenvalue weighted by Crippen LogP contribution is -2.43. The third-order valence-electron chi connectivity index (χ3n) is 8.23. The van der Waals surface area contributed by atoms with Gasteiger partial charge in [0.1, 0.15) is 19.3 Å². The van der Waals surface area contributed by atoms with Gasteiger partial charge in [0, 0.05) is 25.2 Å². The number of hydrogen-bond acceptors (Lipinski definition) is 9. The van der Waals surface area contributed by atoms with E-state index in [0.717, 1.165) is 38.5 Å². The SMILES string of the molecule is CCCCCCCCCCCCC(=O)OC[C@@H](O)COC(=O)CCC/C=C\C[C@H]1[C@@H](O)CC(O)O[C@@H]1/C=C/[C@@H](O)CCCCC. The van der Waals surface area contributed by atoms with Crippen molar-refractivity contribution in [3.8, 4) is 0 Å². The van der Waals surface area contributed by atoms with Crippen molar-refractivity contribution in [2.45, 2.75) is 173 Å². The highest BCUT2D eigenvalue weighted by Crippen LogP contribution is 2.29. The smallest absolute Gasteiger partial charge is 0.305 e. The second-order valence-corrected chi connectivity index (χ2v) is 12.5. The maximum absolute atomic E-state index is 12.0. The predicted octanol–water partition coefficient (Wildman–Crippen LogP) is 6.44. The first-order valence-electron chi connectivity index (χ1n) is 17.8. The second-order valence-electron chi connectivity index (χ2n) is 12.5. The van der Waals surface area contributed by atoms with E-state index in [0.29, 0.717) is 32.1 Å². The van der Waals surface area contributed by atoms with Gasteiger partial charge in [-0.1, -0.05) is 115 Å². The molecule has 6 atom stereocenters. The summed E-state index contributed by atoms with van der Waals surface area (Å²) in [5, 5.41) is 40.6. The van der Waals surface area contributed by atoms with Crippen LogP contribution in [-0.2, 0) is 23.8 Å². The van der Waals surface area contributed by atoms with E-state index in [2.05, 4.69) is 13.8 Å². The van der Waals surface area contributed by atoms with Crippen LogP contribution in [0.2, 0.25) is 0 Å². The number of carbonyl (C=O) groups is 2. The van der Waals surface area contributed by atoms with Gasteiger partial charge in [0.25, 0.3) is 0 Å². The van der Waals surface area contributed by atoms with Gasteiger partial charge in [0.05, 0.1) is 18.3 Å². The quantitative estimate of drug-likeness (QED) is 0.0453. The Labute approximate surface area is 272 Å². The largest absolute Gasteiger partial charge is 0.463 e. The van der Waals surface area contributed by atoms with Crippen LogP contribution in [0.15, 0.2) is 24.3 Å². The van der Waals surface area contributed by atoms with Gasteiger partial charge >= 0.3 is 11.9 Å². The first-order chi connectivity index (χ1) is 21.8.